The van der Waals surface area contributed by atoms with Gasteiger partial charge in [-0.1, -0.05) is 24.3 Å². The molecule has 1 saturated heterocycles. The Kier molecular flexibility index (Phi) is 6.20. The number of morpholine rings is 1. The van der Waals surface area contributed by atoms with Gasteiger partial charge in [0, 0.05) is 31.4 Å². The summed E-state index contributed by atoms with van der Waals surface area (Å²) >= 11 is 0. The van der Waals surface area contributed by atoms with E-state index in [9.17, 15) is 9.18 Å². The summed E-state index contributed by atoms with van der Waals surface area (Å²) in [6, 6.07) is 14.0. The van der Waals surface area contributed by atoms with E-state index < -0.39 is 0 Å². The van der Waals surface area contributed by atoms with Crippen LogP contribution in [0.2, 0.25) is 0 Å². The Labute approximate surface area is 153 Å². The number of ether oxygens (including phenoxy) is 1. The summed E-state index contributed by atoms with van der Waals surface area (Å²) in [4.78, 5) is 14.4. The van der Waals surface area contributed by atoms with E-state index in [1.807, 2.05) is 24.3 Å². The summed E-state index contributed by atoms with van der Waals surface area (Å²) in [5.74, 6) is -0.287. The number of nitrogens with zero attached hydrogens (tertiary/aromatic N) is 1. The Balaban J connectivity index is 1.50. The van der Waals surface area contributed by atoms with Crippen LogP contribution in [0.3, 0.4) is 0 Å². The Morgan fingerprint density at radius 1 is 1.12 bits per heavy atom. The van der Waals surface area contributed by atoms with Crippen molar-refractivity contribution in [2.75, 3.05) is 31.6 Å². The van der Waals surface area contributed by atoms with Crippen molar-refractivity contribution in [2.24, 2.45) is 0 Å². The molecule has 2 aromatic carbocycles. The Morgan fingerprint density at radius 2 is 1.77 bits per heavy atom. The molecular weight excluding hydrogens is 333 g/mol. The molecule has 138 valence electrons. The third-order valence-corrected chi connectivity index (χ3v) is 4.61. The molecule has 5 nitrogen and oxygen atoms in total. The highest BCUT2D eigenvalue weighted by molar-refractivity contribution is 5.89. The van der Waals surface area contributed by atoms with Gasteiger partial charge in [-0.05, 0) is 42.3 Å². The van der Waals surface area contributed by atoms with Crippen molar-refractivity contribution in [3.8, 4) is 0 Å². The molecule has 1 aliphatic heterocycles. The van der Waals surface area contributed by atoms with Gasteiger partial charge in [-0.2, -0.15) is 0 Å². The van der Waals surface area contributed by atoms with E-state index >= 15 is 0 Å². The van der Waals surface area contributed by atoms with Crippen LogP contribution in [0.1, 0.15) is 24.1 Å². The molecule has 1 fully saturated rings. The van der Waals surface area contributed by atoms with Crippen LogP contribution in [0.15, 0.2) is 48.5 Å². The topological polar surface area (TPSA) is 53.6 Å². The summed E-state index contributed by atoms with van der Waals surface area (Å²) in [6.45, 7) is 5.96. The second-order valence-corrected chi connectivity index (χ2v) is 6.38. The first-order valence-corrected chi connectivity index (χ1v) is 8.83. The van der Waals surface area contributed by atoms with Gasteiger partial charge >= 0.3 is 6.03 Å². The van der Waals surface area contributed by atoms with Gasteiger partial charge in [-0.25, -0.2) is 9.18 Å². The minimum atomic E-state index is -0.289. The predicted octanol–water partition coefficient (Wildman–Crippen LogP) is 3.54. The van der Waals surface area contributed by atoms with Crippen LogP contribution in [0.25, 0.3) is 0 Å². The van der Waals surface area contributed by atoms with Crippen molar-refractivity contribution >= 4 is 11.7 Å². The lowest BCUT2D eigenvalue weighted by molar-refractivity contribution is 0.0198. The normalized spacial score (nSPS) is 16.1. The van der Waals surface area contributed by atoms with E-state index in [0.717, 1.165) is 37.6 Å². The summed E-state index contributed by atoms with van der Waals surface area (Å²) in [5.41, 5.74) is 2.79. The zero-order valence-corrected chi connectivity index (χ0v) is 14.9. The van der Waals surface area contributed by atoms with Crippen LogP contribution in [0.4, 0.5) is 14.9 Å². The number of amides is 2. The quantitative estimate of drug-likeness (QED) is 0.861. The molecule has 1 aliphatic rings. The number of nitrogens with one attached hydrogen (secondary N) is 2. The third kappa shape index (κ3) is 5.03. The fraction of sp³-hybridized carbons (Fsp3) is 0.350. The molecule has 0 spiro atoms. The molecule has 26 heavy (non-hydrogen) atoms. The summed E-state index contributed by atoms with van der Waals surface area (Å²) < 4.78 is 18.3. The van der Waals surface area contributed by atoms with Crippen molar-refractivity contribution in [3.05, 3.63) is 65.5 Å². The molecule has 2 N–H and O–H groups in total. The number of hydrogen-bond donors (Lipinski definition) is 2. The van der Waals surface area contributed by atoms with Crippen molar-refractivity contribution < 1.29 is 13.9 Å². The lowest BCUT2D eigenvalue weighted by Gasteiger charge is -2.32. The van der Waals surface area contributed by atoms with Crippen LogP contribution in [0.5, 0.6) is 0 Å². The van der Waals surface area contributed by atoms with Gasteiger partial charge in [0.25, 0.3) is 0 Å². The number of carbonyl (C=O) groups excluding carboxylic acids is 1. The zero-order chi connectivity index (χ0) is 18.4. The van der Waals surface area contributed by atoms with Gasteiger partial charge in [0.2, 0.25) is 0 Å². The number of rotatable bonds is 5. The van der Waals surface area contributed by atoms with E-state index in [1.165, 1.54) is 17.7 Å². The molecule has 0 bridgehead atoms. The minimum absolute atomic E-state index is 0.287. The molecule has 1 atom stereocenters. The number of urea groups is 1. The fourth-order valence-corrected chi connectivity index (χ4v) is 2.98. The second kappa shape index (κ2) is 8.78. The van der Waals surface area contributed by atoms with Crippen LogP contribution < -0.4 is 10.6 Å². The number of hydrogen-bond acceptors (Lipinski definition) is 3. The van der Waals surface area contributed by atoms with Crippen LogP contribution in [-0.2, 0) is 11.3 Å². The summed E-state index contributed by atoms with van der Waals surface area (Å²) in [7, 11) is 0. The third-order valence-electron chi connectivity index (χ3n) is 4.61. The van der Waals surface area contributed by atoms with Gasteiger partial charge in [0.1, 0.15) is 5.82 Å². The molecule has 0 aliphatic carbocycles. The highest BCUT2D eigenvalue weighted by atomic mass is 19.1. The summed E-state index contributed by atoms with van der Waals surface area (Å²) in [6.07, 6.45) is 0. The molecule has 0 saturated carbocycles. The average molecular weight is 357 g/mol. The highest BCUT2D eigenvalue weighted by Crippen LogP contribution is 2.22. The lowest BCUT2D eigenvalue weighted by Crippen LogP contribution is -2.38. The lowest BCUT2D eigenvalue weighted by atomic mass is 10.1. The zero-order valence-electron chi connectivity index (χ0n) is 14.9. The number of benzene rings is 2. The van der Waals surface area contributed by atoms with E-state index in [1.54, 1.807) is 12.1 Å². The molecular formula is C20H24FN3O2. The van der Waals surface area contributed by atoms with Crippen LogP contribution in [0, 0.1) is 5.82 Å². The maximum absolute atomic E-state index is 12.9. The van der Waals surface area contributed by atoms with Gasteiger partial charge in [-0.15, -0.1) is 0 Å². The number of anilines is 1. The predicted molar refractivity (Wildman–Crippen MR) is 99.5 cm³/mol. The van der Waals surface area contributed by atoms with Gasteiger partial charge in [-0.3, -0.25) is 4.90 Å². The minimum Gasteiger partial charge on any atom is -0.379 e. The van der Waals surface area contributed by atoms with Gasteiger partial charge in [0.05, 0.1) is 13.2 Å². The van der Waals surface area contributed by atoms with E-state index in [4.69, 9.17) is 4.74 Å². The van der Waals surface area contributed by atoms with Crippen molar-refractivity contribution in [3.63, 3.8) is 0 Å². The maximum Gasteiger partial charge on any atom is 0.319 e. The highest BCUT2D eigenvalue weighted by Gasteiger charge is 2.18. The molecule has 1 unspecified atom stereocenters. The fourth-order valence-electron chi connectivity index (χ4n) is 2.98. The Hall–Kier alpha value is -2.44. The maximum atomic E-state index is 12.9. The van der Waals surface area contributed by atoms with Crippen LogP contribution >= 0.6 is 0 Å². The number of halogens is 1. The molecule has 1 heterocycles. The second-order valence-electron chi connectivity index (χ2n) is 6.38. The number of carbonyl (C=O) groups is 1. The first-order valence-electron chi connectivity index (χ1n) is 8.83. The Bertz CT molecular complexity index is 713. The van der Waals surface area contributed by atoms with Crippen molar-refractivity contribution in [1.82, 2.24) is 10.2 Å². The average Bonchev–Trinajstić information content (AvgIpc) is 2.68. The summed E-state index contributed by atoms with van der Waals surface area (Å²) in [5, 5.41) is 5.57. The molecule has 2 aromatic rings. The standard InChI is InChI=1S/C20H24FN3O2/c1-15(24-10-12-26-13-11-24)17-4-8-19(9-5-17)23-20(25)22-14-16-2-6-18(21)7-3-16/h2-9,15H,10-14H2,1H3,(H2,22,23,25). The monoisotopic (exact) mass is 357 g/mol. The largest absolute Gasteiger partial charge is 0.379 e. The Morgan fingerprint density at radius 3 is 2.42 bits per heavy atom. The molecule has 6 heteroatoms. The molecule has 0 aromatic heterocycles. The van der Waals surface area contributed by atoms with Gasteiger partial charge < -0.3 is 15.4 Å². The molecule has 2 amide bonds. The van der Waals surface area contributed by atoms with E-state index in [2.05, 4.69) is 22.5 Å². The van der Waals surface area contributed by atoms with Crippen LogP contribution in [-0.4, -0.2) is 37.2 Å². The SMILES string of the molecule is CC(c1ccc(NC(=O)NCc2ccc(F)cc2)cc1)N1CCOCC1. The van der Waals surface area contributed by atoms with E-state index in [0.29, 0.717) is 12.6 Å². The van der Waals surface area contributed by atoms with E-state index in [-0.39, 0.29) is 11.8 Å². The van der Waals surface area contributed by atoms with Crippen molar-refractivity contribution in [2.45, 2.75) is 19.5 Å². The van der Waals surface area contributed by atoms with Crippen molar-refractivity contribution in [1.29, 1.82) is 0 Å². The van der Waals surface area contributed by atoms with Gasteiger partial charge in [0.15, 0.2) is 0 Å². The first kappa shape index (κ1) is 18.4. The first-order chi connectivity index (χ1) is 12.6. The molecule has 3 rings (SSSR count). The molecule has 0 radical (unpaired) electrons. The smallest absolute Gasteiger partial charge is 0.319 e.